The zero-order chi connectivity index (χ0) is 24.7. The minimum atomic E-state index is -0.396. The highest BCUT2D eigenvalue weighted by atomic mass is 19.1. The molecule has 1 fully saturated rings. The lowest BCUT2D eigenvalue weighted by Crippen LogP contribution is -2.46. The van der Waals surface area contributed by atoms with Crippen LogP contribution in [-0.2, 0) is 27.2 Å². The first-order valence-corrected chi connectivity index (χ1v) is 11.8. The molecule has 9 heteroatoms. The molecule has 2 aromatic heterocycles. The number of imidazole rings is 1. The van der Waals surface area contributed by atoms with Crippen LogP contribution in [0.4, 0.5) is 10.1 Å². The fraction of sp³-hybridized carbons (Fsp3) is 0.346. The van der Waals surface area contributed by atoms with Crippen molar-refractivity contribution in [3.63, 3.8) is 0 Å². The Kier molecular flexibility index (Phi) is 6.02. The molecular formula is C26H29FN6O2. The Hall–Kier alpha value is -3.72. The predicted molar refractivity (Wildman–Crippen MR) is 134 cm³/mol. The van der Waals surface area contributed by atoms with Crippen molar-refractivity contribution in [1.82, 2.24) is 23.6 Å². The van der Waals surface area contributed by atoms with E-state index in [2.05, 4.69) is 15.9 Å². The summed E-state index contributed by atoms with van der Waals surface area (Å²) in [5, 5.41) is 0. The lowest BCUT2D eigenvalue weighted by Gasteiger charge is -2.36. The van der Waals surface area contributed by atoms with Gasteiger partial charge in [-0.3, -0.25) is 18.8 Å². The van der Waals surface area contributed by atoms with Crippen LogP contribution in [0.1, 0.15) is 17.0 Å². The molecule has 35 heavy (non-hydrogen) atoms. The molecule has 0 aliphatic carbocycles. The second kappa shape index (κ2) is 9.14. The Morgan fingerprint density at radius 1 is 0.914 bits per heavy atom. The first-order chi connectivity index (χ1) is 16.8. The number of hydrogen-bond acceptors (Lipinski definition) is 5. The smallest absolute Gasteiger partial charge is 0.332 e. The topological polar surface area (TPSA) is 68.3 Å². The molecule has 182 valence electrons. The highest BCUT2D eigenvalue weighted by Crippen LogP contribution is 2.22. The number of aromatic nitrogens is 4. The summed E-state index contributed by atoms with van der Waals surface area (Å²) in [5.41, 5.74) is 2.90. The van der Waals surface area contributed by atoms with E-state index in [4.69, 9.17) is 4.98 Å². The van der Waals surface area contributed by atoms with Crippen LogP contribution < -0.4 is 16.1 Å². The molecule has 0 radical (unpaired) electrons. The number of halogens is 1. The van der Waals surface area contributed by atoms with Crippen LogP contribution in [0, 0.1) is 12.7 Å². The molecule has 0 unspecified atom stereocenters. The van der Waals surface area contributed by atoms with Gasteiger partial charge in [-0.15, -0.1) is 0 Å². The number of piperazine rings is 1. The number of fused-ring (bicyclic) bond motifs is 1. The minimum absolute atomic E-state index is 0.211. The molecular weight excluding hydrogens is 447 g/mol. The van der Waals surface area contributed by atoms with E-state index in [1.807, 2.05) is 41.8 Å². The Bertz CT molecular complexity index is 1510. The second-order valence-corrected chi connectivity index (χ2v) is 9.20. The SMILES string of the molecule is Cc1cccc(Cn2c(CN3CCN(c4ccccc4F)CC3)nc3c2c(=O)n(C)c(=O)n3C)c1. The largest absolute Gasteiger partial charge is 0.367 e. The molecule has 0 N–H and O–H groups in total. The van der Waals surface area contributed by atoms with Crippen molar-refractivity contribution < 1.29 is 4.39 Å². The highest BCUT2D eigenvalue weighted by molar-refractivity contribution is 5.71. The molecule has 1 aliphatic heterocycles. The lowest BCUT2D eigenvalue weighted by molar-refractivity contribution is 0.241. The zero-order valence-electron chi connectivity index (χ0n) is 20.2. The van der Waals surface area contributed by atoms with Crippen molar-refractivity contribution in [2.75, 3.05) is 31.1 Å². The van der Waals surface area contributed by atoms with Gasteiger partial charge >= 0.3 is 5.69 Å². The van der Waals surface area contributed by atoms with Gasteiger partial charge in [-0.1, -0.05) is 42.0 Å². The standard InChI is InChI=1S/C26H29FN6O2/c1-18-7-6-8-19(15-18)16-33-22(28-24-23(33)25(34)30(3)26(35)29(24)2)17-31-11-13-32(14-12-31)21-10-5-4-9-20(21)27/h4-10,15H,11-14,16-17H2,1-3H3. The van der Waals surface area contributed by atoms with Gasteiger partial charge in [0, 0.05) is 46.8 Å². The number of benzene rings is 2. The molecule has 8 nitrogen and oxygen atoms in total. The van der Waals surface area contributed by atoms with Gasteiger partial charge in [0.1, 0.15) is 11.6 Å². The zero-order valence-corrected chi connectivity index (χ0v) is 20.2. The average molecular weight is 477 g/mol. The van der Waals surface area contributed by atoms with Crippen molar-refractivity contribution in [3.05, 3.63) is 92.1 Å². The Labute approximate surface area is 202 Å². The van der Waals surface area contributed by atoms with Crippen LogP contribution in [0.2, 0.25) is 0 Å². The summed E-state index contributed by atoms with van der Waals surface area (Å²) in [6.07, 6.45) is 0. The van der Waals surface area contributed by atoms with Gasteiger partial charge in [-0.2, -0.15) is 0 Å². The quantitative estimate of drug-likeness (QED) is 0.442. The summed E-state index contributed by atoms with van der Waals surface area (Å²) in [4.78, 5) is 34.8. The molecule has 3 heterocycles. The molecule has 0 spiro atoms. The van der Waals surface area contributed by atoms with Crippen LogP contribution in [0.5, 0.6) is 0 Å². The first-order valence-electron chi connectivity index (χ1n) is 11.8. The number of aryl methyl sites for hydroxylation is 2. The summed E-state index contributed by atoms with van der Waals surface area (Å²) >= 11 is 0. The number of hydrogen-bond donors (Lipinski definition) is 0. The Morgan fingerprint density at radius 3 is 2.37 bits per heavy atom. The maximum Gasteiger partial charge on any atom is 0.332 e. The molecule has 1 saturated heterocycles. The van der Waals surface area contributed by atoms with E-state index in [1.165, 1.54) is 17.7 Å². The maximum absolute atomic E-state index is 14.2. The van der Waals surface area contributed by atoms with Crippen molar-refractivity contribution >= 4 is 16.9 Å². The molecule has 4 aromatic rings. The monoisotopic (exact) mass is 476 g/mol. The molecule has 5 rings (SSSR count). The highest BCUT2D eigenvalue weighted by Gasteiger charge is 2.24. The van der Waals surface area contributed by atoms with Crippen molar-refractivity contribution in [2.24, 2.45) is 14.1 Å². The summed E-state index contributed by atoms with van der Waals surface area (Å²) < 4.78 is 18.7. The van der Waals surface area contributed by atoms with E-state index in [1.54, 1.807) is 13.1 Å². The normalized spacial score (nSPS) is 14.7. The maximum atomic E-state index is 14.2. The second-order valence-electron chi connectivity index (χ2n) is 9.20. The van der Waals surface area contributed by atoms with Crippen LogP contribution in [0.15, 0.2) is 58.1 Å². The summed E-state index contributed by atoms with van der Waals surface area (Å²) in [6, 6.07) is 15.0. The summed E-state index contributed by atoms with van der Waals surface area (Å²) in [6.45, 7) is 5.91. The van der Waals surface area contributed by atoms with Crippen molar-refractivity contribution in [3.8, 4) is 0 Å². The fourth-order valence-electron chi connectivity index (χ4n) is 4.83. The van der Waals surface area contributed by atoms with Gasteiger partial charge in [-0.25, -0.2) is 14.2 Å². The molecule has 0 saturated carbocycles. The molecule has 1 aliphatic rings. The van der Waals surface area contributed by atoms with Crippen LogP contribution in [0.25, 0.3) is 11.2 Å². The van der Waals surface area contributed by atoms with E-state index in [9.17, 15) is 14.0 Å². The van der Waals surface area contributed by atoms with Gasteiger partial charge in [0.05, 0.1) is 12.2 Å². The lowest BCUT2D eigenvalue weighted by atomic mass is 10.1. The van der Waals surface area contributed by atoms with E-state index in [0.717, 1.165) is 34.6 Å². The summed E-state index contributed by atoms with van der Waals surface area (Å²) in [7, 11) is 3.14. The van der Waals surface area contributed by atoms with E-state index < -0.39 is 5.69 Å². The van der Waals surface area contributed by atoms with E-state index >= 15 is 0 Å². The summed E-state index contributed by atoms with van der Waals surface area (Å²) in [5.74, 6) is 0.525. The average Bonchev–Trinajstić information content (AvgIpc) is 3.20. The number of nitrogens with zero attached hydrogens (tertiary/aromatic N) is 6. The molecule has 0 bridgehead atoms. The molecule has 2 aromatic carbocycles. The first kappa shape index (κ1) is 23.0. The van der Waals surface area contributed by atoms with E-state index in [-0.39, 0.29) is 11.4 Å². The third kappa shape index (κ3) is 4.27. The van der Waals surface area contributed by atoms with Crippen molar-refractivity contribution in [1.29, 1.82) is 0 Å². The number of para-hydroxylation sites is 1. The Morgan fingerprint density at radius 2 is 1.66 bits per heavy atom. The number of rotatable bonds is 5. The fourth-order valence-corrected chi connectivity index (χ4v) is 4.83. The van der Waals surface area contributed by atoms with Gasteiger partial charge in [0.15, 0.2) is 11.2 Å². The third-order valence-electron chi connectivity index (χ3n) is 6.78. The van der Waals surface area contributed by atoms with Crippen LogP contribution >= 0.6 is 0 Å². The molecule has 0 amide bonds. The predicted octanol–water partition coefficient (Wildman–Crippen LogP) is 2.25. The van der Waals surface area contributed by atoms with Gasteiger partial charge < -0.3 is 9.47 Å². The minimum Gasteiger partial charge on any atom is -0.367 e. The van der Waals surface area contributed by atoms with Crippen LogP contribution in [0.3, 0.4) is 0 Å². The van der Waals surface area contributed by atoms with Gasteiger partial charge in [-0.05, 0) is 24.6 Å². The van der Waals surface area contributed by atoms with Crippen molar-refractivity contribution in [2.45, 2.75) is 20.0 Å². The third-order valence-corrected chi connectivity index (χ3v) is 6.78. The van der Waals surface area contributed by atoms with Crippen LogP contribution in [-0.4, -0.2) is 49.8 Å². The number of anilines is 1. The Balaban J connectivity index is 1.48. The van der Waals surface area contributed by atoms with Gasteiger partial charge in [0.25, 0.3) is 5.56 Å². The molecule has 0 atom stereocenters. The van der Waals surface area contributed by atoms with E-state index in [0.29, 0.717) is 43.0 Å². The van der Waals surface area contributed by atoms with Gasteiger partial charge in [0.2, 0.25) is 0 Å².